The second-order valence-electron chi connectivity index (χ2n) is 7.18. The monoisotopic (exact) mass is 336 g/mol. The summed E-state index contributed by atoms with van der Waals surface area (Å²) in [5.41, 5.74) is 0. The molecule has 1 heterocycles. The fraction of sp³-hybridized carbons (Fsp3) is 0.857. The molecular weight excluding hydrogens is 296 g/mol. The summed E-state index contributed by atoms with van der Waals surface area (Å²) in [4.78, 5) is 6.79. The van der Waals surface area contributed by atoms with Gasteiger partial charge in [-0.25, -0.2) is 0 Å². The summed E-state index contributed by atoms with van der Waals surface area (Å²) in [7, 11) is 0. The quantitative estimate of drug-likeness (QED) is 0.296. The van der Waals surface area contributed by atoms with E-state index in [0.717, 1.165) is 19.5 Å². The highest BCUT2D eigenvalue weighted by molar-refractivity contribution is 5.85. The molecule has 0 spiro atoms. The van der Waals surface area contributed by atoms with Crippen molar-refractivity contribution in [1.82, 2.24) is 4.90 Å². The van der Waals surface area contributed by atoms with E-state index in [1.165, 1.54) is 82.9 Å². The van der Waals surface area contributed by atoms with Gasteiger partial charge in [0.05, 0.1) is 6.54 Å². The van der Waals surface area contributed by atoms with Crippen molar-refractivity contribution in [3.8, 4) is 0 Å². The van der Waals surface area contributed by atoms with Crippen molar-refractivity contribution in [3.05, 3.63) is 12.7 Å². The second-order valence-corrected chi connectivity index (χ2v) is 7.18. The molecule has 1 aliphatic rings. The molecule has 0 amide bonds. The summed E-state index contributed by atoms with van der Waals surface area (Å²) < 4.78 is 0. The number of unbranched alkanes of at least 4 members (excludes halogenated alkanes) is 9. The lowest BCUT2D eigenvalue weighted by molar-refractivity contribution is 0.173. The molecule has 24 heavy (non-hydrogen) atoms. The molecule has 0 fully saturated rings. The number of rotatable bonds is 16. The molecular formula is C21H40N2O. The average molecular weight is 337 g/mol. The number of aliphatic hydroxyl groups excluding tert-OH is 1. The topological polar surface area (TPSA) is 35.8 Å². The molecule has 1 aliphatic heterocycles. The van der Waals surface area contributed by atoms with Crippen LogP contribution in [-0.4, -0.2) is 35.7 Å². The zero-order valence-corrected chi connectivity index (χ0v) is 16.0. The normalized spacial score (nSPS) is 15.6. The first-order valence-corrected chi connectivity index (χ1v) is 10.3. The van der Waals surface area contributed by atoms with E-state index in [4.69, 9.17) is 4.99 Å². The Morgan fingerprint density at radius 1 is 1.04 bits per heavy atom. The van der Waals surface area contributed by atoms with Gasteiger partial charge >= 0.3 is 0 Å². The van der Waals surface area contributed by atoms with Crippen molar-refractivity contribution in [2.45, 2.75) is 90.4 Å². The van der Waals surface area contributed by atoms with Gasteiger partial charge < -0.3 is 10.0 Å². The Labute approximate surface area is 150 Å². The van der Waals surface area contributed by atoms with Crippen LogP contribution >= 0.6 is 0 Å². The maximum atomic E-state index is 9.55. The molecule has 3 nitrogen and oxygen atoms in total. The van der Waals surface area contributed by atoms with Crippen LogP contribution in [0.1, 0.15) is 90.4 Å². The highest BCUT2D eigenvalue weighted by atomic mass is 16.3. The third kappa shape index (κ3) is 8.86. The summed E-state index contributed by atoms with van der Waals surface area (Å²) in [6.45, 7) is 7.96. The van der Waals surface area contributed by atoms with E-state index >= 15 is 0 Å². The van der Waals surface area contributed by atoms with Crippen molar-refractivity contribution < 1.29 is 5.11 Å². The van der Waals surface area contributed by atoms with Crippen LogP contribution in [-0.2, 0) is 0 Å². The first-order chi connectivity index (χ1) is 11.8. The molecule has 1 atom stereocenters. The van der Waals surface area contributed by atoms with Gasteiger partial charge in [0.15, 0.2) is 0 Å². The summed E-state index contributed by atoms with van der Waals surface area (Å²) in [5, 5.41) is 9.55. The van der Waals surface area contributed by atoms with Gasteiger partial charge in [-0.2, -0.15) is 0 Å². The summed E-state index contributed by atoms with van der Waals surface area (Å²) in [6, 6.07) is 0. The summed E-state index contributed by atoms with van der Waals surface area (Å²) in [6.07, 6.45) is 19.0. The zero-order chi connectivity index (χ0) is 17.5. The van der Waals surface area contributed by atoms with E-state index in [9.17, 15) is 5.11 Å². The van der Waals surface area contributed by atoms with Gasteiger partial charge in [-0.3, -0.25) is 4.99 Å². The Morgan fingerprint density at radius 2 is 1.67 bits per heavy atom. The number of aliphatic imine (C=N–C) groups is 1. The minimum absolute atomic E-state index is 0.128. The number of nitrogens with zero attached hydrogens (tertiary/aromatic N) is 2. The molecule has 3 heteroatoms. The van der Waals surface area contributed by atoms with E-state index in [1.807, 2.05) is 6.08 Å². The van der Waals surface area contributed by atoms with Crippen LogP contribution in [0.25, 0.3) is 0 Å². The lowest BCUT2D eigenvalue weighted by Gasteiger charge is -2.25. The van der Waals surface area contributed by atoms with Gasteiger partial charge in [0.2, 0.25) is 0 Å². The largest absolute Gasteiger partial charge is 0.376 e. The smallest absolute Gasteiger partial charge is 0.116 e. The van der Waals surface area contributed by atoms with Crippen molar-refractivity contribution in [2.24, 2.45) is 10.9 Å². The number of aliphatic hydroxyl groups is 1. The number of hydrogen-bond acceptors (Lipinski definition) is 3. The van der Waals surface area contributed by atoms with Crippen LogP contribution in [0.4, 0.5) is 0 Å². The van der Waals surface area contributed by atoms with Crippen molar-refractivity contribution in [3.63, 3.8) is 0 Å². The van der Waals surface area contributed by atoms with Gasteiger partial charge in [-0.05, 0) is 25.7 Å². The van der Waals surface area contributed by atoms with E-state index in [0.29, 0.717) is 5.92 Å². The highest BCUT2D eigenvalue weighted by Gasteiger charge is 2.24. The molecule has 0 bridgehead atoms. The molecule has 0 aromatic carbocycles. The second kappa shape index (κ2) is 14.5. The molecule has 0 radical (unpaired) electrons. The average Bonchev–Trinajstić information content (AvgIpc) is 3.07. The van der Waals surface area contributed by atoms with Crippen molar-refractivity contribution in [1.29, 1.82) is 0 Å². The van der Waals surface area contributed by atoms with Gasteiger partial charge in [-0.1, -0.05) is 70.8 Å². The first kappa shape index (κ1) is 21.2. The Balaban J connectivity index is 2.30. The zero-order valence-electron chi connectivity index (χ0n) is 16.0. The van der Waals surface area contributed by atoms with Crippen LogP contribution < -0.4 is 0 Å². The molecule has 1 N–H and O–H groups in total. The molecule has 0 aliphatic carbocycles. The van der Waals surface area contributed by atoms with Crippen molar-refractivity contribution in [2.75, 3.05) is 19.8 Å². The van der Waals surface area contributed by atoms with Crippen LogP contribution in [0.2, 0.25) is 0 Å². The van der Waals surface area contributed by atoms with Crippen molar-refractivity contribution >= 4 is 5.84 Å². The van der Waals surface area contributed by atoms with Gasteiger partial charge in [0.25, 0.3) is 0 Å². The van der Waals surface area contributed by atoms with E-state index < -0.39 is 0 Å². The van der Waals surface area contributed by atoms with Gasteiger partial charge in [0.1, 0.15) is 12.6 Å². The SMILES string of the molecule is C=CCCCCCC(CCCCCCCCC)C1=NCCN1CO. The van der Waals surface area contributed by atoms with Gasteiger partial charge in [0, 0.05) is 12.5 Å². The standard InChI is InChI=1S/C21H40N2O/c1-3-5-7-9-10-12-14-16-20(15-13-11-8-6-4-2)21-22-17-18-23(21)19-24/h4,20,24H,2-3,5-19H2,1H3. The minimum atomic E-state index is 0.128. The molecule has 0 aromatic heterocycles. The third-order valence-corrected chi connectivity index (χ3v) is 5.12. The Bertz CT molecular complexity index is 341. The number of amidine groups is 1. The molecule has 140 valence electrons. The Morgan fingerprint density at radius 3 is 2.29 bits per heavy atom. The van der Waals surface area contributed by atoms with E-state index in [-0.39, 0.29) is 6.73 Å². The predicted octanol–water partition coefficient (Wildman–Crippen LogP) is 5.54. The number of allylic oxidation sites excluding steroid dienone is 1. The summed E-state index contributed by atoms with van der Waals surface area (Å²) >= 11 is 0. The van der Waals surface area contributed by atoms with Gasteiger partial charge in [-0.15, -0.1) is 6.58 Å². The third-order valence-electron chi connectivity index (χ3n) is 5.12. The maximum absolute atomic E-state index is 9.55. The van der Waals surface area contributed by atoms with Crippen LogP contribution in [0.3, 0.4) is 0 Å². The molecule has 1 rings (SSSR count). The minimum Gasteiger partial charge on any atom is -0.376 e. The number of hydrogen-bond donors (Lipinski definition) is 1. The molecule has 0 saturated heterocycles. The Kier molecular flexibility index (Phi) is 12.8. The van der Waals surface area contributed by atoms with Crippen LogP contribution in [0, 0.1) is 5.92 Å². The Hall–Kier alpha value is -0.830. The fourth-order valence-electron chi connectivity index (χ4n) is 3.64. The summed E-state index contributed by atoms with van der Waals surface area (Å²) in [5.74, 6) is 1.74. The lowest BCUT2D eigenvalue weighted by Crippen LogP contribution is -2.34. The highest BCUT2D eigenvalue weighted by Crippen LogP contribution is 2.24. The molecule has 1 unspecified atom stereocenters. The first-order valence-electron chi connectivity index (χ1n) is 10.3. The predicted molar refractivity (Wildman–Crippen MR) is 105 cm³/mol. The molecule has 0 aromatic rings. The van der Waals surface area contributed by atoms with E-state index in [2.05, 4.69) is 18.4 Å². The lowest BCUT2D eigenvalue weighted by atomic mass is 9.92. The van der Waals surface area contributed by atoms with Crippen LogP contribution in [0.5, 0.6) is 0 Å². The van der Waals surface area contributed by atoms with Crippen LogP contribution in [0.15, 0.2) is 17.6 Å². The fourth-order valence-corrected chi connectivity index (χ4v) is 3.64. The maximum Gasteiger partial charge on any atom is 0.116 e. The molecule has 0 saturated carbocycles. The van der Waals surface area contributed by atoms with E-state index in [1.54, 1.807) is 0 Å².